The Balaban J connectivity index is 2.21. The summed E-state index contributed by atoms with van der Waals surface area (Å²) in [5.74, 6) is 0. The molecule has 1 aromatic rings. The lowest BCUT2D eigenvalue weighted by Crippen LogP contribution is -2.33. The molecule has 0 aliphatic rings. The van der Waals surface area contributed by atoms with Crippen LogP contribution in [-0.2, 0) is 11.2 Å². The molecule has 0 saturated heterocycles. The molecule has 2 nitrogen and oxygen atoms in total. The average molecular weight is 241 g/mol. The van der Waals surface area contributed by atoms with E-state index in [4.69, 9.17) is 4.74 Å². The van der Waals surface area contributed by atoms with Crippen molar-refractivity contribution in [3.8, 4) is 0 Å². The topological polar surface area (TPSA) is 21.3 Å². The number of nitrogens with one attached hydrogen (secondary N) is 1. The van der Waals surface area contributed by atoms with Gasteiger partial charge in [-0.3, -0.25) is 0 Å². The lowest BCUT2D eigenvalue weighted by molar-refractivity contribution is 0.110. The summed E-state index contributed by atoms with van der Waals surface area (Å²) in [6.45, 7) is 7.03. The first kappa shape index (κ1) is 13.7. The van der Waals surface area contributed by atoms with Gasteiger partial charge in [-0.05, 0) is 37.3 Å². The molecule has 1 rings (SSSR count). The number of hydrogen-bond acceptors (Lipinski definition) is 3. The maximum atomic E-state index is 5.61. The molecule has 1 unspecified atom stereocenters. The van der Waals surface area contributed by atoms with Crippen LogP contribution in [0, 0.1) is 0 Å². The highest BCUT2D eigenvalue weighted by Crippen LogP contribution is 2.12. The smallest absolute Gasteiger partial charge is 0.0619 e. The third kappa shape index (κ3) is 5.64. The van der Waals surface area contributed by atoms with Crippen molar-refractivity contribution >= 4 is 11.3 Å². The van der Waals surface area contributed by atoms with Gasteiger partial charge in [0.2, 0.25) is 0 Å². The second-order valence-electron chi connectivity index (χ2n) is 3.95. The van der Waals surface area contributed by atoms with Gasteiger partial charge >= 0.3 is 0 Å². The maximum Gasteiger partial charge on any atom is 0.0619 e. The van der Waals surface area contributed by atoms with E-state index in [2.05, 4.69) is 36.7 Å². The molecule has 0 aliphatic carbocycles. The molecule has 0 saturated carbocycles. The Morgan fingerprint density at radius 1 is 1.44 bits per heavy atom. The summed E-state index contributed by atoms with van der Waals surface area (Å²) < 4.78 is 5.61. The van der Waals surface area contributed by atoms with Crippen LogP contribution >= 0.6 is 11.3 Å². The van der Waals surface area contributed by atoms with Crippen LogP contribution in [0.15, 0.2) is 17.5 Å². The summed E-state index contributed by atoms with van der Waals surface area (Å²) in [7, 11) is 0. The molecule has 1 atom stereocenters. The molecule has 3 heteroatoms. The van der Waals surface area contributed by atoms with Crippen molar-refractivity contribution in [2.45, 2.75) is 39.2 Å². The molecule has 1 aromatic heterocycles. The fourth-order valence-electron chi connectivity index (χ4n) is 1.67. The van der Waals surface area contributed by atoms with Crippen LogP contribution in [0.2, 0.25) is 0 Å². The first-order valence-corrected chi connectivity index (χ1v) is 7.08. The molecule has 0 bridgehead atoms. The van der Waals surface area contributed by atoms with Crippen LogP contribution in [-0.4, -0.2) is 25.8 Å². The zero-order valence-electron chi connectivity index (χ0n) is 10.4. The Morgan fingerprint density at radius 3 is 2.94 bits per heavy atom. The van der Waals surface area contributed by atoms with Crippen LogP contribution < -0.4 is 5.32 Å². The monoisotopic (exact) mass is 241 g/mol. The van der Waals surface area contributed by atoms with Crippen molar-refractivity contribution in [1.29, 1.82) is 0 Å². The molecule has 92 valence electrons. The summed E-state index contributed by atoms with van der Waals surface area (Å²) in [4.78, 5) is 1.47. The summed E-state index contributed by atoms with van der Waals surface area (Å²) >= 11 is 1.84. The van der Waals surface area contributed by atoms with E-state index in [9.17, 15) is 0 Å². The Morgan fingerprint density at radius 2 is 2.31 bits per heavy atom. The van der Waals surface area contributed by atoms with E-state index >= 15 is 0 Å². The van der Waals surface area contributed by atoms with Crippen molar-refractivity contribution in [3.05, 3.63) is 22.4 Å². The summed E-state index contributed by atoms with van der Waals surface area (Å²) in [6, 6.07) is 4.83. The second-order valence-corrected chi connectivity index (χ2v) is 4.98. The Kier molecular flexibility index (Phi) is 7.47. The highest BCUT2D eigenvalue weighted by Gasteiger charge is 2.07. The Labute approximate surface area is 103 Å². The van der Waals surface area contributed by atoms with E-state index in [-0.39, 0.29) is 0 Å². The SMILES string of the molecule is CCCOCC(CCc1cccs1)NCC. The zero-order valence-corrected chi connectivity index (χ0v) is 11.2. The quantitative estimate of drug-likeness (QED) is 0.671. The largest absolute Gasteiger partial charge is 0.380 e. The number of hydrogen-bond donors (Lipinski definition) is 1. The van der Waals surface area contributed by atoms with Gasteiger partial charge in [0.05, 0.1) is 6.61 Å². The number of aryl methyl sites for hydroxylation is 1. The normalized spacial score (nSPS) is 12.9. The van der Waals surface area contributed by atoms with Crippen molar-refractivity contribution in [1.82, 2.24) is 5.32 Å². The lowest BCUT2D eigenvalue weighted by Gasteiger charge is -2.17. The van der Waals surface area contributed by atoms with Crippen LogP contribution in [0.25, 0.3) is 0 Å². The predicted octanol–water partition coefficient (Wildman–Crippen LogP) is 3.09. The van der Waals surface area contributed by atoms with Crippen molar-refractivity contribution in [2.75, 3.05) is 19.8 Å². The number of ether oxygens (including phenoxy) is 1. The molecule has 0 amide bonds. The molecule has 1 heterocycles. The predicted molar refractivity (Wildman–Crippen MR) is 71.2 cm³/mol. The van der Waals surface area contributed by atoms with E-state index in [1.807, 2.05) is 11.3 Å². The third-order valence-electron chi connectivity index (χ3n) is 2.48. The van der Waals surface area contributed by atoms with Crippen molar-refractivity contribution < 1.29 is 4.74 Å². The van der Waals surface area contributed by atoms with Crippen molar-refractivity contribution in [3.63, 3.8) is 0 Å². The Hall–Kier alpha value is -0.380. The molecule has 0 radical (unpaired) electrons. The number of rotatable bonds is 9. The Bertz CT molecular complexity index is 248. The minimum absolute atomic E-state index is 0.499. The van der Waals surface area contributed by atoms with Gasteiger partial charge in [-0.15, -0.1) is 11.3 Å². The molecule has 0 aromatic carbocycles. The van der Waals surface area contributed by atoms with Gasteiger partial charge in [0.1, 0.15) is 0 Å². The molecule has 16 heavy (non-hydrogen) atoms. The minimum Gasteiger partial charge on any atom is -0.380 e. The lowest BCUT2D eigenvalue weighted by atomic mass is 10.1. The van der Waals surface area contributed by atoms with Crippen LogP contribution in [0.1, 0.15) is 31.6 Å². The van der Waals surface area contributed by atoms with E-state index < -0.39 is 0 Å². The highest BCUT2D eigenvalue weighted by atomic mass is 32.1. The van der Waals surface area contributed by atoms with Gasteiger partial charge in [0, 0.05) is 17.5 Å². The fraction of sp³-hybridized carbons (Fsp3) is 0.692. The summed E-state index contributed by atoms with van der Waals surface area (Å²) in [5, 5.41) is 5.63. The van der Waals surface area contributed by atoms with Gasteiger partial charge in [0.25, 0.3) is 0 Å². The molecular weight excluding hydrogens is 218 g/mol. The minimum atomic E-state index is 0.499. The average Bonchev–Trinajstić information content (AvgIpc) is 2.79. The second kappa shape index (κ2) is 8.74. The first-order chi connectivity index (χ1) is 7.86. The van der Waals surface area contributed by atoms with E-state index in [0.29, 0.717) is 6.04 Å². The van der Waals surface area contributed by atoms with Crippen molar-refractivity contribution in [2.24, 2.45) is 0 Å². The number of likely N-dealkylation sites (N-methyl/N-ethyl adjacent to an activating group) is 1. The molecular formula is C13H23NOS. The van der Waals surface area contributed by atoms with Gasteiger partial charge in [-0.25, -0.2) is 0 Å². The van der Waals surface area contributed by atoms with Crippen LogP contribution in [0.5, 0.6) is 0 Å². The van der Waals surface area contributed by atoms with Gasteiger partial charge in [0.15, 0.2) is 0 Å². The van der Waals surface area contributed by atoms with Gasteiger partial charge < -0.3 is 10.1 Å². The fourth-order valence-corrected chi connectivity index (χ4v) is 2.40. The zero-order chi connectivity index (χ0) is 11.6. The first-order valence-electron chi connectivity index (χ1n) is 6.20. The van der Waals surface area contributed by atoms with Gasteiger partial charge in [-0.2, -0.15) is 0 Å². The molecule has 0 spiro atoms. The van der Waals surface area contributed by atoms with Crippen LogP contribution in [0.4, 0.5) is 0 Å². The van der Waals surface area contributed by atoms with Crippen LogP contribution in [0.3, 0.4) is 0 Å². The number of thiophene rings is 1. The summed E-state index contributed by atoms with van der Waals surface area (Å²) in [6.07, 6.45) is 3.42. The summed E-state index contributed by atoms with van der Waals surface area (Å²) in [5.41, 5.74) is 0. The van der Waals surface area contributed by atoms with E-state index in [1.165, 1.54) is 4.88 Å². The van der Waals surface area contributed by atoms with E-state index in [1.54, 1.807) is 0 Å². The highest BCUT2D eigenvalue weighted by molar-refractivity contribution is 7.09. The molecule has 0 fully saturated rings. The maximum absolute atomic E-state index is 5.61. The molecule has 1 N–H and O–H groups in total. The van der Waals surface area contributed by atoms with E-state index in [0.717, 1.165) is 39.0 Å². The van der Waals surface area contributed by atoms with Gasteiger partial charge in [-0.1, -0.05) is 19.9 Å². The standard InChI is InChI=1S/C13H23NOS/c1-3-9-15-11-12(14-4-2)7-8-13-6-5-10-16-13/h5-6,10,12,14H,3-4,7-9,11H2,1-2H3. The molecule has 0 aliphatic heterocycles. The third-order valence-corrected chi connectivity index (χ3v) is 3.42.